The molecule has 0 spiro atoms. The molecule has 7 nitrogen and oxygen atoms in total. The van der Waals surface area contributed by atoms with E-state index in [1.54, 1.807) is 6.07 Å². The van der Waals surface area contributed by atoms with Crippen LogP contribution in [0.15, 0.2) is 24.3 Å². The van der Waals surface area contributed by atoms with E-state index in [4.69, 9.17) is 0 Å². The molecular weight excluding hydrogens is 350 g/mol. The largest absolute Gasteiger partial charge is 0.299 e. The van der Waals surface area contributed by atoms with Gasteiger partial charge in [0.2, 0.25) is 20.0 Å². The SMILES string of the molecule is Cc1cccc(CS(=O)(=O)NCCN2CCN(S(C)(=O)=O)CC2)c1. The summed E-state index contributed by atoms with van der Waals surface area (Å²) in [5.41, 5.74) is 1.80. The maximum atomic E-state index is 12.1. The molecular formula is C15H25N3O4S2. The van der Waals surface area contributed by atoms with Crippen molar-refractivity contribution in [1.29, 1.82) is 0 Å². The zero-order chi connectivity index (χ0) is 17.8. The van der Waals surface area contributed by atoms with Crippen molar-refractivity contribution in [2.75, 3.05) is 45.5 Å². The number of benzene rings is 1. The summed E-state index contributed by atoms with van der Waals surface area (Å²) >= 11 is 0. The lowest BCUT2D eigenvalue weighted by Gasteiger charge is -2.33. The highest BCUT2D eigenvalue weighted by molar-refractivity contribution is 7.88. The Morgan fingerprint density at radius 3 is 2.33 bits per heavy atom. The van der Waals surface area contributed by atoms with Crippen molar-refractivity contribution in [3.05, 3.63) is 35.4 Å². The van der Waals surface area contributed by atoms with Crippen molar-refractivity contribution < 1.29 is 16.8 Å². The molecule has 1 heterocycles. The van der Waals surface area contributed by atoms with E-state index in [9.17, 15) is 16.8 Å². The Kier molecular flexibility index (Phi) is 6.38. The molecule has 24 heavy (non-hydrogen) atoms. The van der Waals surface area contributed by atoms with Gasteiger partial charge in [-0.05, 0) is 12.5 Å². The predicted octanol–water partition coefficient (Wildman–Crippen LogP) is -0.00838. The van der Waals surface area contributed by atoms with Crippen LogP contribution in [0.1, 0.15) is 11.1 Å². The predicted molar refractivity (Wildman–Crippen MR) is 94.7 cm³/mol. The lowest BCUT2D eigenvalue weighted by molar-refractivity contribution is 0.192. The summed E-state index contributed by atoms with van der Waals surface area (Å²) in [4.78, 5) is 2.07. The van der Waals surface area contributed by atoms with Gasteiger partial charge in [0, 0.05) is 39.3 Å². The van der Waals surface area contributed by atoms with Crippen LogP contribution < -0.4 is 4.72 Å². The van der Waals surface area contributed by atoms with Crippen molar-refractivity contribution in [3.63, 3.8) is 0 Å². The monoisotopic (exact) mass is 375 g/mol. The molecule has 0 aromatic heterocycles. The molecule has 0 amide bonds. The van der Waals surface area contributed by atoms with Gasteiger partial charge in [-0.25, -0.2) is 21.6 Å². The van der Waals surface area contributed by atoms with Gasteiger partial charge in [0.1, 0.15) is 0 Å². The van der Waals surface area contributed by atoms with Crippen molar-refractivity contribution in [1.82, 2.24) is 13.9 Å². The second-order valence-corrected chi connectivity index (χ2v) is 9.94. The maximum absolute atomic E-state index is 12.1. The summed E-state index contributed by atoms with van der Waals surface area (Å²) in [7, 11) is -6.51. The molecule has 0 unspecified atom stereocenters. The molecule has 2 rings (SSSR count). The number of nitrogens with one attached hydrogen (secondary N) is 1. The third kappa shape index (κ3) is 6.14. The van der Waals surface area contributed by atoms with Crippen molar-refractivity contribution in [2.24, 2.45) is 0 Å². The van der Waals surface area contributed by atoms with Crippen LogP contribution in [0.25, 0.3) is 0 Å². The standard InChI is InChI=1S/C15H25N3O4S2/c1-14-4-3-5-15(12-14)13-24(21,22)16-6-7-17-8-10-18(11-9-17)23(2,19)20/h3-5,12,16H,6-11,13H2,1-2H3. The van der Waals surface area contributed by atoms with Gasteiger partial charge in [0.25, 0.3) is 0 Å². The van der Waals surface area contributed by atoms with Crippen LogP contribution >= 0.6 is 0 Å². The topological polar surface area (TPSA) is 86.8 Å². The van der Waals surface area contributed by atoms with Gasteiger partial charge in [-0.2, -0.15) is 4.31 Å². The van der Waals surface area contributed by atoms with Crippen molar-refractivity contribution in [3.8, 4) is 0 Å². The van der Waals surface area contributed by atoms with Gasteiger partial charge in [-0.3, -0.25) is 4.90 Å². The van der Waals surface area contributed by atoms with E-state index in [1.165, 1.54) is 10.6 Å². The molecule has 1 saturated heterocycles. The molecule has 1 aliphatic rings. The highest BCUT2D eigenvalue weighted by Gasteiger charge is 2.23. The van der Waals surface area contributed by atoms with Crippen molar-refractivity contribution in [2.45, 2.75) is 12.7 Å². The third-order valence-electron chi connectivity index (χ3n) is 3.99. The molecule has 0 saturated carbocycles. The zero-order valence-corrected chi connectivity index (χ0v) is 15.7. The Morgan fingerprint density at radius 2 is 1.75 bits per heavy atom. The fourth-order valence-corrected chi connectivity index (χ4v) is 4.67. The summed E-state index contributed by atoms with van der Waals surface area (Å²) < 4.78 is 51.2. The molecule has 0 radical (unpaired) electrons. The average Bonchev–Trinajstić information content (AvgIpc) is 2.46. The van der Waals surface area contributed by atoms with Gasteiger partial charge in [-0.15, -0.1) is 0 Å². The quantitative estimate of drug-likeness (QED) is 0.724. The second kappa shape index (κ2) is 7.92. The molecule has 0 atom stereocenters. The number of hydrogen-bond acceptors (Lipinski definition) is 5. The van der Waals surface area contributed by atoms with Gasteiger partial charge in [0.15, 0.2) is 0 Å². The fraction of sp³-hybridized carbons (Fsp3) is 0.600. The molecule has 1 aromatic rings. The highest BCUT2D eigenvalue weighted by atomic mass is 32.2. The minimum Gasteiger partial charge on any atom is -0.299 e. The van der Waals surface area contributed by atoms with E-state index in [-0.39, 0.29) is 5.75 Å². The zero-order valence-electron chi connectivity index (χ0n) is 14.1. The van der Waals surface area contributed by atoms with Crippen LogP contribution in [0, 0.1) is 6.92 Å². The first-order valence-corrected chi connectivity index (χ1v) is 11.4. The van der Waals surface area contributed by atoms with Gasteiger partial charge in [-0.1, -0.05) is 29.8 Å². The Labute approximate surface area is 144 Å². The minimum absolute atomic E-state index is 0.0312. The Bertz CT molecular complexity index is 755. The molecule has 0 bridgehead atoms. The number of nitrogens with zero attached hydrogens (tertiary/aromatic N) is 2. The van der Waals surface area contributed by atoms with E-state index in [0.29, 0.717) is 39.3 Å². The van der Waals surface area contributed by atoms with Gasteiger partial charge >= 0.3 is 0 Å². The van der Waals surface area contributed by atoms with E-state index in [1.807, 2.05) is 25.1 Å². The van der Waals surface area contributed by atoms with Gasteiger partial charge < -0.3 is 0 Å². The Hall–Kier alpha value is -1.00. The lowest BCUT2D eigenvalue weighted by Crippen LogP contribution is -2.49. The third-order valence-corrected chi connectivity index (χ3v) is 6.65. The maximum Gasteiger partial charge on any atom is 0.215 e. The molecule has 1 aliphatic heterocycles. The van der Waals surface area contributed by atoms with E-state index in [0.717, 1.165) is 11.1 Å². The van der Waals surface area contributed by atoms with E-state index >= 15 is 0 Å². The first kappa shape index (κ1) is 19.3. The number of piperazine rings is 1. The first-order valence-electron chi connectivity index (χ1n) is 7.86. The number of hydrogen-bond donors (Lipinski definition) is 1. The second-order valence-electron chi connectivity index (χ2n) is 6.15. The highest BCUT2D eigenvalue weighted by Crippen LogP contribution is 2.08. The number of aryl methyl sites for hydroxylation is 1. The van der Waals surface area contributed by atoms with E-state index in [2.05, 4.69) is 9.62 Å². The molecule has 1 aromatic carbocycles. The molecule has 9 heteroatoms. The molecule has 136 valence electrons. The Morgan fingerprint density at radius 1 is 1.08 bits per heavy atom. The summed E-state index contributed by atoms with van der Waals surface area (Å²) in [6.45, 7) is 4.97. The lowest BCUT2D eigenvalue weighted by atomic mass is 10.2. The van der Waals surface area contributed by atoms with Crippen LogP contribution in [-0.2, 0) is 25.8 Å². The summed E-state index contributed by atoms with van der Waals surface area (Å²) in [6.07, 6.45) is 1.21. The van der Waals surface area contributed by atoms with Gasteiger partial charge in [0.05, 0.1) is 12.0 Å². The summed E-state index contributed by atoms with van der Waals surface area (Å²) in [5, 5.41) is 0. The first-order chi connectivity index (χ1) is 11.2. The van der Waals surface area contributed by atoms with Crippen LogP contribution in [-0.4, -0.2) is 71.6 Å². The van der Waals surface area contributed by atoms with E-state index < -0.39 is 20.0 Å². The van der Waals surface area contributed by atoms with Crippen molar-refractivity contribution >= 4 is 20.0 Å². The summed E-state index contributed by atoms with van der Waals surface area (Å²) in [6, 6.07) is 7.45. The number of rotatable bonds is 7. The smallest absolute Gasteiger partial charge is 0.215 e. The fourth-order valence-electron chi connectivity index (χ4n) is 2.72. The number of sulfonamides is 2. The van der Waals surface area contributed by atoms with Crippen LogP contribution in [0.5, 0.6) is 0 Å². The molecule has 1 fully saturated rings. The average molecular weight is 376 g/mol. The van der Waals surface area contributed by atoms with Crippen LogP contribution in [0.2, 0.25) is 0 Å². The Balaban J connectivity index is 1.76. The minimum atomic E-state index is -3.37. The normalized spacial score (nSPS) is 17.9. The summed E-state index contributed by atoms with van der Waals surface area (Å²) in [5.74, 6) is -0.0312. The van der Waals surface area contributed by atoms with Crippen LogP contribution in [0.4, 0.5) is 0 Å². The van der Waals surface area contributed by atoms with Crippen LogP contribution in [0.3, 0.4) is 0 Å². The molecule has 0 aliphatic carbocycles. The molecule has 1 N–H and O–H groups in total.